The molecule has 34 heavy (non-hydrogen) atoms. The number of aromatic nitrogens is 4. The molecule has 4 heteroatoms. The molecule has 4 nitrogen and oxygen atoms in total. The lowest BCUT2D eigenvalue weighted by Gasteiger charge is -2.10. The van der Waals surface area contributed by atoms with Crippen LogP contribution >= 0.6 is 0 Å². The van der Waals surface area contributed by atoms with Gasteiger partial charge in [-0.1, -0.05) is 85.8 Å². The van der Waals surface area contributed by atoms with E-state index >= 15 is 0 Å². The number of para-hydroxylation sites is 2. The Labute approximate surface area is 198 Å². The molecule has 0 amide bonds. The maximum Gasteiger partial charge on any atom is 0.163 e. The summed E-state index contributed by atoms with van der Waals surface area (Å²) in [6, 6.07) is 25.5. The number of fused-ring (bicyclic) bond motifs is 3. The molecule has 1 aliphatic rings. The van der Waals surface area contributed by atoms with Crippen molar-refractivity contribution >= 4 is 27.4 Å². The lowest BCUT2D eigenvalue weighted by Crippen LogP contribution is -2.02. The maximum absolute atomic E-state index is 4.86. The van der Waals surface area contributed by atoms with Crippen LogP contribution < -0.4 is 0 Å². The number of hydrogen-bond donors (Lipinski definition) is 0. The Kier molecular flexibility index (Phi) is 4.92. The number of aryl methyl sites for hydroxylation is 1. The molecule has 3 aromatic carbocycles. The van der Waals surface area contributed by atoms with Gasteiger partial charge >= 0.3 is 0 Å². The summed E-state index contributed by atoms with van der Waals surface area (Å²) in [4.78, 5) is 14.2. The maximum atomic E-state index is 4.86. The van der Waals surface area contributed by atoms with Crippen LogP contribution in [0.25, 0.3) is 44.5 Å². The molecule has 0 fully saturated rings. The van der Waals surface area contributed by atoms with Gasteiger partial charge in [-0.05, 0) is 37.1 Å². The molecule has 0 radical (unpaired) electrons. The molecule has 5 aromatic rings. The predicted molar refractivity (Wildman–Crippen MR) is 140 cm³/mol. The molecule has 2 aromatic heterocycles. The summed E-state index contributed by atoms with van der Waals surface area (Å²) in [7, 11) is 0. The fraction of sp³-hybridized carbons (Fsp3) is 0.100. The van der Waals surface area contributed by atoms with Gasteiger partial charge in [-0.3, -0.25) is 0 Å². The van der Waals surface area contributed by atoms with Crippen LogP contribution in [0.15, 0.2) is 103 Å². The summed E-state index contributed by atoms with van der Waals surface area (Å²) >= 11 is 0. The van der Waals surface area contributed by atoms with E-state index in [2.05, 4.69) is 125 Å². The molecule has 1 unspecified atom stereocenters. The van der Waals surface area contributed by atoms with Gasteiger partial charge in [0.1, 0.15) is 5.82 Å². The zero-order valence-corrected chi connectivity index (χ0v) is 19.2. The van der Waals surface area contributed by atoms with Crippen LogP contribution in [0.5, 0.6) is 0 Å². The zero-order chi connectivity index (χ0) is 23.1. The Balaban J connectivity index is 1.50. The third-order valence-corrected chi connectivity index (χ3v) is 6.22. The lowest BCUT2D eigenvalue weighted by atomic mass is 10.1. The van der Waals surface area contributed by atoms with Gasteiger partial charge in [0.05, 0.1) is 11.0 Å². The van der Waals surface area contributed by atoms with E-state index in [1.54, 1.807) is 0 Å². The second-order valence-electron chi connectivity index (χ2n) is 8.68. The van der Waals surface area contributed by atoms with E-state index in [4.69, 9.17) is 4.98 Å². The first kappa shape index (κ1) is 20.3. The molecule has 0 aliphatic heterocycles. The zero-order valence-electron chi connectivity index (χ0n) is 19.2. The highest BCUT2D eigenvalue weighted by Gasteiger charge is 2.14. The van der Waals surface area contributed by atoms with Crippen molar-refractivity contribution in [3.8, 4) is 17.1 Å². The first-order valence-electron chi connectivity index (χ1n) is 11.6. The Morgan fingerprint density at radius 1 is 0.735 bits per heavy atom. The number of allylic oxidation sites excluding steroid dienone is 6. The van der Waals surface area contributed by atoms with Crippen LogP contribution in [0.4, 0.5) is 0 Å². The third kappa shape index (κ3) is 3.54. The average molecular weight is 441 g/mol. The van der Waals surface area contributed by atoms with Gasteiger partial charge in [-0.2, -0.15) is 0 Å². The predicted octanol–water partition coefficient (Wildman–Crippen LogP) is 7.09. The van der Waals surface area contributed by atoms with E-state index in [0.717, 1.165) is 16.8 Å². The van der Waals surface area contributed by atoms with Crippen molar-refractivity contribution in [2.45, 2.75) is 13.8 Å². The van der Waals surface area contributed by atoms with Crippen molar-refractivity contribution < 1.29 is 0 Å². The first-order valence-corrected chi connectivity index (χ1v) is 11.6. The van der Waals surface area contributed by atoms with E-state index in [1.807, 2.05) is 6.92 Å². The van der Waals surface area contributed by atoms with Crippen molar-refractivity contribution in [3.05, 3.63) is 115 Å². The molecule has 1 atom stereocenters. The molecule has 0 N–H and O–H groups in total. The molecular weight excluding hydrogens is 416 g/mol. The van der Waals surface area contributed by atoms with Crippen LogP contribution in [0.3, 0.4) is 0 Å². The number of rotatable bonds is 3. The van der Waals surface area contributed by atoms with E-state index in [-0.39, 0.29) is 0 Å². The van der Waals surface area contributed by atoms with Crippen molar-refractivity contribution in [2.75, 3.05) is 0 Å². The van der Waals surface area contributed by atoms with Gasteiger partial charge in [0.25, 0.3) is 0 Å². The van der Waals surface area contributed by atoms with Crippen LogP contribution in [-0.4, -0.2) is 19.5 Å². The van der Waals surface area contributed by atoms with Crippen LogP contribution in [0.1, 0.15) is 18.6 Å². The number of hydrogen-bond acceptors (Lipinski definition) is 3. The first-order chi connectivity index (χ1) is 16.7. The van der Waals surface area contributed by atoms with Crippen molar-refractivity contribution in [1.82, 2.24) is 19.5 Å². The highest BCUT2D eigenvalue weighted by Crippen LogP contribution is 2.32. The van der Waals surface area contributed by atoms with Crippen LogP contribution in [0, 0.1) is 12.8 Å². The Morgan fingerprint density at radius 3 is 2.21 bits per heavy atom. The normalized spacial score (nSPS) is 15.6. The van der Waals surface area contributed by atoms with Gasteiger partial charge in [-0.15, -0.1) is 0 Å². The SMILES string of the molecule is Cc1nc(C2=CC=CC(C)C=C2)nc(-c2cccc(-n3c4ccccc4c4ccccc43)c2)n1. The Morgan fingerprint density at radius 2 is 1.44 bits per heavy atom. The molecule has 0 bridgehead atoms. The standard InChI is InChI=1S/C30H24N4/c1-20-9-7-10-22(18-17-20)29-31-21(2)32-30(33-29)23-11-8-12-24(19-23)34-27-15-5-3-13-25(27)26-14-4-6-16-28(26)34/h3-20H,1-2H3. The molecule has 6 rings (SSSR count). The number of benzene rings is 3. The summed E-state index contributed by atoms with van der Waals surface area (Å²) in [5, 5.41) is 2.49. The lowest BCUT2D eigenvalue weighted by molar-refractivity contribution is 0.941. The van der Waals surface area contributed by atoms with Crippen molar-refractivity contribution in [1.29, 1.82) is 0 Å². The van der Waals surface area contributed by atoms with Gasteiger partial charge in [0.15, 0.2) is 11.6 Å². The van der Waals surface area contributed by atoms with E-state index in [9.17, 15) is 0 Å². The molecular formula is C30H24N4. The van der Waals surface area contributed by atoms with Crippen LogP contribution in [0.2, 0.25) is 0 Å². The molecule has 0 spiro atoms. The minimum absolute atomic E-state index is 0.388. The van der Waals surface area contributed by atoms with Gasteiger partial charge in [0.2, 0.25) is 0 Å². The summed E-state index contributed by atoms with van der Waals surface area (Å²) in [6.07, 6.45) is 10.6. The second-order valence-corrected chi connectivity index (χ2v) is 8.68. The Bertz CT molecular complexity index is 1580. The largest absolute Gasteiger partial charge is 0.309 e. The highest BCUT2D eigenvalue weighted by atomic mass is 15.0. The second kappa shape index (κ2) is 8.23. The summed E-state index contributed by atoms with van der Waals surface area (Å²) < 4.78 is 2.31. The molecule has 1 aliphatic carbocycles. The van der Waals surface area contributed by atoms with Gasteiger partial charge in [-0.25, -0.2) is 15.0 Å². The monoisotopic (exact) mass is 440 g/mol. The van der Waals surface area contributed by atoms with E-state index in [1.165, 1.54) is 21.8 Å². The minimum atomic E-state index is 0.388. The summed E-state index contributed by atoms with van der Waals surface area (Å²) in [6.45, 7) is 4.08. The van der Waals surface area contributed by atoms with Crippen molar-refractivity contribution in [3.63, 3.8) is 0 Å². The minimum Gasteiger partial charge on any atom is -0.309 e. The molecule has 164 valence electrons. The number of nitrogens with zero attached hydrogens (tertiary/aromatic N) is 4. The third-order valence-electron chi connectivity index (χ3n) is 6.22. The van der Waals surface area contributed by atoms with Crippen LogP contribution in [-0.2, 0) is 0 Å². The average Bonchev–Trinajstić information content (AvgIpc) is 3.04. The van der Waals surface area contributed by atoms with E-state index in [0.29, 0.717) is 23.4 Å². The molecule has 2 heterocycles. The van der Waals surface area contributed by atoms with Gasteiger partial charge < -0.3 is 4.57 Å². The smallest absolute Gasteiger partial charge is 0.163 e. The fourth-order valence-corrected chi connectivity index (χ4v) is 4.58. The van der Waals surface area contributed by atoms with E-state index < -0.39 is 0 Å². The topological polar surface area (TPSA) is 43.6 Å². The molecule has 0 saturated heterocycles. The quantitative estimate of drug-likeness (QED) is 0.301. The van der Waals surface area contributed by atoms with Gasteiger partial charge in [0, 0.05) is 27.6 Å². The highest BCUT2D eigenvalue weighted by molar-refractivity contribution is 6.09. The van der Waals surface area contributed by atoms with Crippen molar-refractivity contribution in [2.24, 2.45) is 5.92 Å². The summed E-state index contributed by atoms with van der Waals surface area (Å²) in [5.41, 5.74) is 5.41. The molecule has 0 saturated carbocycles. The Hall–Kier alpha value is -4.31. The fourth-order valence-electron chi connectivity index (χ4n) is 4.58. The summed E-state index contributed by atoms with van der Waals surface area (Å²) in [5.74, 6) is 2.47.